The van der Waals surface area contributed by atoms with E-state index in [9.17, 15) is 60.2 Å². The number of ether oxygens (including phenoxy) is 3. The van der Waals surface area contributed by atoms with Crippen molar-refractivity contribution in [2.45, 2.75) is 176 Å². The number of esters is 3. The number of hydrogen-bond acceptors (Lipinski definition) is 9. The summed E-state index contributed by atoms with van der Waals surface area (Å²) in [5, 5.41) is 11.2. The number of amides is 2. The van der Waals surface area contributed by atoms with Crippen LogP contribution < -0.4 is 4.90 Å². The SMILES string of the molecule is CCCCCCCCCCCCOC(=O)C(C)(CC(C)(C)C(=O)OC(C(F)(F)F)C(F)(F)F)CC(C)(CC(CC1C(=O)N(c2ccccc2)C(=O)C1CC(C)(C)C(=O)OCc1ccccc1)c1ccccc1)C(=O)O. The van der Waals surface area contributed by atoms with Crippen LogP contribution in [0, 0.1) is 33.5 Å². The molecule has 11 nitrogen and oxygen atoms in total. The first-order valence-corrected chi connectivity index (χ1v) is 26.0. The van der Waals surface area contributed by atoms with Crippen molar-refractivity contribution in [2.75, 3.05) is 11.5 Å². The molecule has 17 heteroatoms. The second-order valence-electron chi connectivity index (χ2n) is 22.1. The number of imide groups is 1. The third kappa shape index (κ3) is 17.7. The van der Waals surface area contributed by atoms with Gasteiger partial charge in [-0.05, 0) is 109 Å². The fourth-order valence-corrected chi connectivity index (χ4v) is 10.4. The van der Waals surface area contributed by atoms with Gasteiger partial charge in [-0.25, -0.2) is 0 Å². The first-order valence-electron chi connectivity index (χ1n) is 26.0. The highest BCUT2D eigenvalue weighted by Gasteiger charge is 2.61. The molecule has 1 saturated heterocycles. The van der Waals surface area contributed by atoms with E-state index in [0.717, 1.165) is 62.8 Å². The smallest absolute Gasteiger partial charge is 0.434 e. The van der Waals surface area contributed by atoms with E-state index in [2.05, 4.69) is 11.7 Å². The van der Waals surface area contributed by atoms with Crippen LogP contribution in [-0.2, 0) is 49.6 Å². The number of carboxylic acid groups (broad SMARTS) is 1. The van der Waals surface area contributed by atoms with Crippen LogP contribution in [-0.4, -0.2) is 65.9 Å². The molecule has 1 heterocycles. The fourth-order valence-electron chi connectivity index (χ4n) is 10.4. The Morgan fingerprint density at radius 3 is 1.60 bits per heavy atom. The first kappa shape index (κ1) is 61.8. The molecular formula is C58H75F6NO10. The van der Waals surface area contributed by atoms with Gasteiger partial charge in [0.25, 0.3) is 6.10 Å². The third-order valence-electron chi connectivity index (χ3n) is 14.3. The van der Waals surface area contributed by atoms with E-state index < -0.39 is 106 Å². The largest absolute Gasteiger partial charge is 0.481 e. The highest BCUT2D eigenvalue weighted by atomic mass is 19.4. The number of carboxylic acids is 1. The van der Waals surface area contributed by atoms with Gasteiger partial charge >= 0.3 is 36.2 Å². The Balaban J connectivity index is 1.71. The highest BCUT2D eigenvalue weighted by Crippen LogP contribution is 2.51. The number of carbonyl (C=O) groups is 6. The van der Waals surface area contributed by atoms with E-state index in [0.29, 0.717) is 18.4 Å². The van der Waals surface area contributed by atoms with Crippen LogP contribution in [0.5, 0.6) is 0 Å². The first-order chi connectivity index (χ1) is 35.1. The van der Waals surface area contributed by atoms with E-state index >= 15 is 0 Å². The monoisotopic (exact) mass is 1060 g/mol. The Kier molecular flexibility index (Phi) is 22.1. The number of halogens is 6. The molecule has 3 aromatic carbocycles. The fraction of sp³-hybridized carbons (Fsp3) is 0.586. The minimum Gasteiger partial charge on any atom is -0.481 e. The van der Waals surface area contributed by atoms with Gasteiger partial charge in [0.15, 0.2) is 0 Å². The van der Waals surface area contributed by atoms with Crippen molar-refractivity contribution >= 4 is 41.4 Å². The van der Waals surface area contributed by atoms with Gasteiger partial charge in [-0.2, -0.15) is 26.3 Å². The van der Waals surface area contributed by atoms with E-state index in [1.165, 1.54) is 26.7 Å². The molecule has 0 bridgehead atoms. The summed E-state index contributed by atoms with van der Waals surface area (Å²) in [4.78, 5) is 85.9. The number of aliphatic carboxylic acids is 1. The number of unbranched alkanes of at least 4 members (excludes halogenated alkanes) is 9. The Hall–Kier alpha value is -5.74. The van der Waals surface area contributed by atoms with Crippen molar-refractivity contribution in [2.24, 2.45) is 33.5 Å². The molecule has 414 valence electrons. The molecule has 0 saturated carbocycles. The summed E-state index contributed by atoms with van der Waals surface area (Å²) in [6, 6.07) is 25.7. The van der Waals surface area contributed by atoms with Crippen LogP contribution in [0.2, 0.25) is 0 Å². The summed E-state index contributed by atoms with van der Waals surface area (Å²) < 4.78 is 97.6. The lowest BCUT2D eigenvalue weighted by Gasteiger charge is -2.41. The van der Waals surface area contributed by atoms with Crippen molar-refractivity contribution in [3.8, 4) is 0 Å². The number of anilines is 1. The summed E-state index contributed by atoms with van der Waals surface area (Å²) >= 11 is 0. The van der Waals surface area contributed by atoms with Gasteiger partial charge in [0.05, 0.1) is 45.8 Å². The van der Waals surface area contributed by atoms with Crippen LogP contribution >= 0.6 is 0 Å². The molecule has 3 aromatic rings. The van der Waals surface area contributed by atoms with Crippen molar-refractivity contribution < 1.29 is 74.4 Å². The van der Waals surface area contributed by atoms with Gasteiger partial charge in [0.1, 0.15) is 6.61 Å². The summed E-state index contributed by atoms with van der Waals surface area (Å²) in [5.41, 5.74) is -6.07. The zero-order chi connectivity index (χ0) is 55.8. The van der Waals surface area contributed by atoms with Crippen LogP contribution in [0.3, 0.4) is 0 Å². The molecular weight excluding hydrogens is 985 g/mol. The molecule has 4 rings (SSSR count). The molecule has 0 aromatic heterocycles. The maximum Gasteiger partial charge on any atom is 0.434 e. The molecule has 5 atom stereocenters. The molecule has 0 aliphatic carbocycles. The molecule has 0 spiro atoms. The van der Waals surface area contributed by atoms with Gasteiger partial charge in [-0.1, -0.05) is 144 Å². The lowest BCUT2D eigenvalue weighted by atomic mass is 9.62. The Morgan fingerprint density at radius 1 is 0.587 bits per heavy atom. The topological polar surface area (TPSA) is 154 Å². The lowest BCUT2D eigenvalue weighted by Crippen LogP contribution is -2.49. The van der Waals surface area contributed by atoms with E-state index in [1.54, 1.807) is 98.8 Å². The van der Waals surface area contributed by atoms with Gasteiger partial charge in [0.2, 0.25) is 11.8 Å². The van der Waals surface area contributed by atoms with Gasteiger partial charge < -0.3 is 19.3 Å². The molecule has 1 aliphatic rings. The molecule has 2 amide bonds. The standard InChI is InChI=1S/C58H75F6NO10/c1-8-9-10-11-12-13-14-15-16-26-33-73-52(72)56(7,38-54(4,5)51(71)75-48(57(59,60)61)58(62,63)64)39-55(6,49(68)69)35-42(41-29-22-18-23-30-41)34-44-45(47(67)65(46(44)66)43-31-24-19-25-32-43)36-53(2,3)50(70)74-37-40-27-20-17-21-28-40/h17-25,27-32,42,44-45,48H,8-16,26,33-39H2,1-7H3,(H,68,69). The molecule has 0 radical (unpaired) electrons. The zero-order valence-corrected chi connectivity index (χ0v) is 44.3. The van der Waals surface area contributed by atoms with Crippen LogP contribution in [0.4, 0.5) is 32.0 Å². The van der Waals surface area contributed by atoms with Crippen LogP contribution in [0.25, 0.3) is 0 Å². The van der Waals surface area contributed by atoms with Crippen molar-refractivity contribution in [1.82, 2.24) is 0 Å². The Labute approximate surface area is 437 Å². The number of para-hydroxylation sites is 1. The average molecular weight is 1060 g/mol. The number of rotatable bonds is 30. The summed E-state index contributed by atoms with van der Waals surface area (Å²) in [6.07, 6.45) is -8.96. The normalized spacial score (nSPS) is 17.5. The molecule has 5 unspecified atom stereocenters. The third-order valence-corrected chi connectivity index (χ3v) is 14.3. The van der Waals surface area contributed by atoms with E-state index in [-0.39, 0.29) is 38.2 Å². The number of benzene rings is 3. The van der Waals surface area contributed by atoms with Gasteiger partial charge in [-0.3, -0.25) is 33.7 Å². The van der Waals surface area contributed by atoms with Crippen LogP contribution in [0.15, 0.2) is 91.0 Å². The second kappa shape index (κ2) is 26.8. The molecule has 1 N–H and O–H groups in total. The minimum absolute atomic E-state index is 0.0458. The zero-order valence-electron chi connectivity index (χ0n) is 44.3. The Morgan fingerprint density at radius 2 is 1.08 bits per heavy atom. The van der Waals surface area contributed by atoms with Crippen molar-refractivity contribution in [3.63, 3.8) is 0 Å². The molecule has 1 aliphatic heterocycles. The molecule has 1 fully saturated rings. The maximum absolute atomic E-state index is 14.8. The quantitative estimate of drug-likeness (QED) is 0.0224. The summed E-state index contributed by atoms with van der Waals surface area (Å²) in [5.74, 6) is -9.34. The average Bonchev–Trinajstić information content (AvgIpc) is 3.56. The second-order valence-corrected chi connectivity index (χ2v) is 22.1. The number of carbonyl (C=O) groups excluding carboxylic acids is 5. The van der Waals surface area contributed by atoms with Gasteiger partial charge in [0, 0.05) is 0 Å². The number of nitrogens with zero attached hydrogens (tertiary/aromatic N) is 1. The van der Waals surface area contributed by atoms with Crippen molar-refractivity contribution in [3.05, 3.63) is 102 Å². The Bertz CT molecular complexity index is 2330. The lowest BCUT2D eigenvalue weighted by molar-refractivity contribution is -0.315. The predicted octanol–water partition coefficient (Wildman–Crippen LogP) is 13.9. The van der Waals surface area contributed by atoms with Crippen LogP contribution in [0.1, 0.15) is 162 Å². The number of hydrogen-bond donors (Lipinski definition) is 1. The van der Waals surface area contributed by atoms with E-state index in [4.69, 9.17) is 9.47 Å². The van der Waals surface area contributed by atoms with Crippen molar-refractivity contribution in [1.29, 1.82) is 0 Å². The van der Waals surface area contributed by atoms with E-state index in [1.807, 2.05) is 6.07 Å². The molecule has 75 heavy (non-hydrogen) atoms. The number of alkyl halides is 6. The summed E-state index contributed by atoms with van der Waals surface area (Å²) in [6.45, 7) is 9.79. The minimum atomic E-state index is -6.03. The summed E-state index contributed by atoms with van der Waals surface area (Å²) in [7, 11) is 0. The van der Waals surface area contributed by atoms with Gasteiger partial charge in [-0.15, -0.1) is 0 Å². The predicted molar refractivity (Wildman–Crippen MR) is 271 cm³/mol. The highest BCUT2D eigenvalue weighted by molar-refractivity contribution is 6.22. The maximum atomic E-state index is 14.8.